The van der Waals surface area contributed by atoms with Crippen molar-refractivity contribution in [3.63, 3.8) is 0 Å². The molecule has 146 valence electrons. The maximum absolute atomic E-state index is 13.4. The Kier molecular flexibility index (Phi) is 5.80. The van der Waals surface area contributed by atoms with Gasteiger partial charge in [0.15, 0.2) is 0 Å². The van der Waals surface area contributed by atoms with Crippen molar-refractivity contribution in [2.75, 3.05) is 6.54 Å². The molecule has 1 amide bonds. The van der Waals surface area contributed by atoms with Crippen molar-refractivity contribution in [2.24, 2.45) is 11.8 Å². The highest BCUT2D eigenvalue weighted by atomic mass is 35.5. The van der Waals surface area contributed by atoms with Crippen LogP contribution in [0.25, 0.3) is 0 Å². The van der Waals surface area contributed by atoms with Crippen molar-refractivity contribution in [3.8, 4) is 0 Å². The largest absolute Gasteiger partial charge is 0.335 e. The predicted molar refractivity (Wildman–Crippen MR) is 116 cm³/mol. The zero-order chi connectivity index (χ0) is 19.7. The molecule has 1 saturated heterocycles. The average Bonchev–Trinajstić information content (AvgIpc) is 3.50. The van der Waals surface area contributed by atoms with Gasteiger partial charge in [0.05, 0.1) is 6.04 Å². The monoisotopic (exact) mass is 413 g/mol. The maximum Gasteiger partial charge on any atom is 0.226 e. The van der Waals surface area contributed by atoms with Gasteiger partial charge < -0.3 is 4.90 Å². The van der Waals surface area contributed by atoms with E-state index in [4.69, 9.17) is 23.2 Å². The van der Waals surface area contributed by atoms with Crippen LogP contribution in [0.15, 0.2) is 61.2 Å². The third kappa shape index (κ3) is 4.14. The summed E-state index contributed by atoms with van der Waals surface area (Å²) in [5.74, 6) is 1.05. The summed E-state index contributed by atoms with van der Waals surface area (Å²) < 4.78 is 0. The van der Waals surface area contributed by atoms with Crippen LogP contribution in [0.4, 0.5) is 0 Å². The van der Waals surface area contributed by atoms with Crippen LogP contribution in [0.3, 0.4) is 0 Å². The smallest absolute Gasteiger partial charge is 0.226 e. The van der Waals surface area contributed by atoms with Gasteiger partial charge in [-0.3, -0.25) is 4.79 Å². The molecule has 2 aromatic rings. The van der Waals surface area contributed by atoms with Crippen molar-refractivity contribution in [3.05, 3.63) is 82.4 Å². The standard InChI is InChI=1S/C24H25Cl2NO/c1-2-4-19-14-22(18-5-3-6-21(26)13-18)23(17-9-11-20(25)12-10-17)27(24(19)28)15-16-7-8-16/h2-3,5-6,9-13,16,19,22-23H,1,4,7-8,14-15H2/t19?,22-,23-/m1/s1. The van der Waals surface area contributed by atoms with Crippen LogP contribution in [0.2, 0.25) is 10.0 Å². The molecule has 2 nitrogen and oxygen atoms in total. The molecule has 1 heterocycles. The normalized spacial score (nSPS) is 25.0. The molecule has 0 spiro atoms. The van der Waals surface area contributed by atoms with Gasteiger partial charge in [-0.25, -0.2) is 0 Å². The first-order valence-electron chi connectivity index (χ1n) is 9.99. The molecule has 4 heteroatoms. The fourth-order valence-electron chi connectivity index (χ4n) is 4.43. The second-order valence-corrected chi connectivity index (χ2v) is 8.92. The van der Waals surface area contributed by atoms with Crippen molar-refractivity contribution in [2.45, 2.75) is 37.6 Å². The number of rotatable bonds is 6. The Balaban J connectivity index is 1.79. The Morgan fingerprint density at radius 3 is 2.43 bits per heavy atom. The number of nitrogens with zero attached hydrogens (tertiary/aromatic N) is 1. The minimum Gasteiger partial charge on any atom is -0.335 e. The van der Waals surface area contributed by atoms with Crippen molar-refractivity contribution >= 4 is 29.1 Å². The highest BCUT2D eigenvalue weighted by molar-refractivity contribution is 6.30. The number of hydrogen-bond acceptors (Lipinski definition) is 1. The van der Waals surface area contributed by atoms with Crippen molar-refractivity contribution in [1.82, 2.24) is 4.90 Å². The summed E-state index contributed by atoms with van der Waals surface area (Å²) in [6, 6.07) is 16.0. The Bertz CT molecular complexity index is 859. The molecule has 1 saturated carbocycles. The third-order valence-electron chi connectivity index (χ3n) is 5.98. The summed E-state index contributed by atoms with van der Waals surface area (Å²) >= 11 is 12.5. The molecule has 1 unspecified atom stereocenters. The van der Waals surface area contributed by atoms with E-state index in [9.17, 15) is 4.79 Å². The van der Waals surface area contributed by atoms with Crippen LogP contribution in [-0.4, -0.2) is 17.4 Å². The molecule has 1 aliphatic carbocycles. The minimum absolute atomic E-state index is 0.00454. The highest BCUT2D eigenvalue weighted by Crippen LogP contribution is 2.48. The summed E-state index contributed by atoms with van der Waals surface area (Å²) in [7, 11) is 0. The Labute approximate surface area is 177 Å². The number of carbonyl (C=O) groups excluding carboxylic acids is 1. The molecule has 0 radical (unpaired) electrons. The zero-order valence-corrected chi connectivity index (χ0v) is 17.4. The maximum atomic E-state index is 13.4. The Morgan fingerprint density at radius 2 is 1.79 bits per heavy atom. The van der Waals surface area contributed by atoms with E-state index in [2.05, 4.69) is 29.7 Å². The Hall–Kier alpha value is -1.77. The van der Waals surface area contributed by atoms with Gasteiger partial charge in [0.25, 0.3) is 0 Å². The van der Waals surface area contributed by atoms with E-state index >= 15 is 0 Å². The highest BCUT2D eigenvalue weighted by Gasteiger charge is 2.44. The number of halogens is 2. The molecule has 0 N–H and O–H groups in total. The van der Waals surface area contributed by atoms with E-state index in [0.717, 1.165) is 23.6 Å². The van der Waals surface area contributed by atoms with Crippen LogP contribution in [-0.2, 0) is 4.79 Å². The summed E-state index contributed by atoms with van der Waals surface area (Å²) in [6.45, 7) is 4.71. The number of allylic oxidation sites excluding steroid dienone is 1. The van der Waals surface area contributed by atoms with Gasteiger partial charge in [-0.2, -0.15) is 0 Å². The van der Waals surface area contributed by atoms with Crippen LogP contribution in [0, 0.1) is 11.8 Å². The zero-order valence-electron chi connectivity index (χ0n) is 15.9. The Morgan fingerprint density at radius 1 is 1.04 bits per heavy atom. The topological polar surface area (TPSA) is 20.3 Å². The lowest BCUT2D eigenvalue weighted by atomic mass is 9.75. The van der Waals surface area contributed by atoms with Crippen LogP contribution in [0.5, 0.6) is 0 Å². The number of hydrogen-bond donors (Lipinski definition) is 0. The van der Waals surface area contributed by atoms with Gasteiger partial charge in [-0.05, 0) is 67.0 Å². The second kappa shape index (κ2) is 8.31. The van der Waals surface area contributed by atoms with Gasteiger partial charge in [0, 0.05) is 28.4 Å². The molecular weight excluding hydrogens is 389 g/mol. The van der Waals surface area contributed by atoms with Gasteiger partial charge in [0.1, 0.15) is 0 Å². The summed E-state index contributed by atoms with van der Waals surface area (Å²) in [5, 5.41) is 1.45. The SMILES string of the molecule is C=CCC1C[C@H](c2cccc(Cl)c2)[C@@H](c2ccc(Cl)cc2)N(CC2CC2)C1=O. The molecule has 4 rings (SSSR count). The number of benzene rings is 2. The summed E-state index contributed by atoms with van der Waals surface area (Å²) in [4.78, 5) is 15.5. The lowest BCUT2D eigenvalue weighted by Crippen LogP contribution is -2.47. The first-order valence-corrected chi connectivity index (χ1v) is 10.7. The van der Waals surface area contributed by atoms with Gasteiger partial charge in [0.2, 0.25) is 5.91 Å². The molecule has 3 atom stereocenters. The molecule has 2 aromatic carbocycles. The van der Waals surface area contributed by atoms with Crippen molar-refractivity contribution in [1.29, 1.82) is 0 Å². The lowest BCUT2D eigenvalue weighted by Gasteiger charge is -2.45. The van der Waals surface area contributed by atoms with Crippen LogP contribution >= 0.6 is 23.2 Å². The molecule has 0 bridgehead atoms. The quantitative estimate of drug-likeness (QED) is 0.485. The van der Waals surface area contributed by atoms with Crippen LogP contribution < -0.4 is 0 Å². The average molecular weight is 414 g/mol. The van der Waals surface area contributed by atoms with E-state index in [1.165, 1.54) is 18.4 Å². The molecule has 2 aliphatic rings. The van der Waals surface area contributed by atoms with E-state index in [1.54, 1.807) is 0 Å². The number of carbonyl (C=O) groups is 1. The molecule has 1 aliphatic heterocycles. The van der Waals surface area contributed by atoms with Gasteiger partial charge in [-0.1, -0.05) is 53.5 Å². The van der Waals surface area contributed by atoms with Gasteiger partial charge >= 0.3 is 0 Å². The molecular formula is C24H25Cl2NO. The van der Waals surface area contributed by atoms with Gasteiger partial charge in [-0.15, -0.1) is 6.58 Å². The number of piperidine rings is 1. The fourth-order valence-corrected chi connectivity index (χ4v) is 4.76. The van der Waals surface area contributed by atoms with Crippen LogP contribution in [0.1, 0.15) is 48.8 Å². The fraction of sp³-hybridized carbons (Fsp3) is 0.375. The third-order valence-corrected chi connectivity index (χ3v) is 6.47. The molecule has 28 heavy (non-hydrogen) atoms. The first-order chi connectivity index (χ1) is 13.6. The minimum atomic E-state index is -0.0243. The number of amides is 1. The summed E-state index contributed by atoms with van der Waals surface area (Å²) in [5.41, 5.74) is 2.33. The lowest BCUT2D eigenvalue weighted by molar-refractivity contribution is -0.143. The van der Waals surface area contributed by atoms with E-state index < -0.39 is 0 Å². The predicted octanol–water partition coefficient (Wildman–Crippen LogP) is 6.65. The summed E-state index contributed by atoms with van der Waals surface area (Å²) in [6.07, 6.45) is 5.82. The van der Waals surface area contributed by atoms with E-state index in [-0.39, 0.29) is 23.8 Å². The molecule has 0 aromatic heterocycles. The van der Waals surface area contributed by atoms with E-state index in [0.29, 0.717) is 17.4 Å². The van der Waals surface area contributed by atoms with E-state index in [1.807, 2.05) is 36.4 Å². The number of likely N-dealkylation sites (tertiary alicyclic amines) is 1. The van der Waals surface area contributed by atoms with Crippen molar-refractivity contribution < 1.29 is 4.79 Å². The first kappa shape index (κ1) is 19.5. The molecule has 2 fully saturated rings. The second-order valence-electron chi connectivity index (χ2n) is 8.05.